The van der Waals surface area contributed by atoms with Gasteiger partial charge in [0.1, 0.15) is 12.1 Å². The van der Waals surface area contributed by atoms with E-state index in [9.17, 15) is 0 Å². The third-order valence-electron chi connectivity index (χ3n) is 3.16. The van der Waals surface area contributed by atoms with Crippen LogP contribution in [0.1, 0.15) is 5.56 Å². The quantitative estimate of drug-likeness (QED) is 0.745. The number of ether oxygens (including phenoxy) is 2. The molecular formula is C14H15N5O2. The van der Waals surface area contributed by atoms with Crippen molar-refractivity contribution < 1.29 is 9.47 Å². The van der Waals surface area contributed by atoms with Gasteiger partial charge in [0.2, 0.25) is 0 Å². The number of benzene rings is 1. The average molecular weight is 285 g/mol. The highest BCUT2D eigenvalue weighted by Gasteiger charge is 2.07. The number of rotatable bonds is 5. The molecule has 21 heavy (non-hydrogen) atoms. The predicted octanol–water partition coefficient (Wildman–Crippen LogP) is 1.98. The lowest BCUT2D eigenvalue weighted by Gasteiger charge is -2.10. The van der Waals surface area contributed by atoms with E-state index in [2.05, 4.69) is 25.5 Å². The van der Waals surface area contributed by atoms with Crippen LogP contribution in [0.4, 0.5) is 5.82 Å². The van der Waals surface area contributed by atoms with Crippen molar-refractivity contribution in [1.29, 1.82) is 0 Å². The van der Waals surface area contributed by atoms with E-state index < -0.39 is 0 Å². The van der Waals surface area contributed by atoms with E-state index >= 15 is 0 Å². The molecule has 0 spiro atoms. The number of fused-ring (bicyclic) bond motifs is 1. The maximum absolute atomic E-state index is 5.29. The number of methoxy groups -OCH3 is 2. The van der Waals surface area contributed by atoms with Crippen LogP contribution in [0.25, 0.3) is 11.0 Å². The Balaban J connectivity index is 1.80. The number of hydrogen-bond acceptors (Lipinski definition) is 6. The van der Waals surface area contributed by atoms with Crippen LogP contribution in [0.5, 0.6) is 11.5 Å². The summed E-state index contributed by atoms with van der Waals surface area (Å²) in [7, 11) is 3.24. The molecule has 3 aromatic rings. The molecule has 2 aromatic heterocycles. The standard InChI is InChI=1S/C14H15N5O2/c1-20-11-4-3-9(5-12(11)21-2)6-15-13-10-7-18-19-14(10)17-8-16-13/h3-5,7-8H,6H2,1-2H3,(H2,15,16,17,18,19). The number of aromatic amines is 1. The van der Waals surface area contributed by atoms with Crippen molar-refractivity contribution in [2.75, 3.05) is 19.5 Å². The first-order valence-corrected chi connectivity index (χ1v) is 6.40. The van der Waals surface area contributed by atoms with Gasteiger partial charge in [0.05, 0.1) is 25.8 Å². The van der Waals surface area contributed by atoms with Crippen molar-refractivity contribution in [2.45, 2.75) is 6.54 Å². The normalized spacial score (nSPS) is 10.6. The van der Waals surface area contributed by atoms with E-state index in [1.54, 1.807) is 20.4 Å². The lowest BCUT2D eigenvalue weighted by atomic mass is 10.2. The van der Waals surface area contributed by atoms with Crippen LogP contribution in [0, 0.1) is 0 Å². The molecule has 0 radical (unpaired) electrons. The minimum absolute atomic E-state index is 0.609. The summed E-state index contributed by atoms with van der Waals surface area (Å²) in [5.41, 5.74) is 1.77. The first-order chi connectivity index (χ1) is 10.3. The van der Waals surface area contributed by atoms with Crippen molar-refractivity contribution in [2.24, 2.45) is 0 Å². The van der Waals surface area contributed by atoms with E-state index in [1.165, 1.54) is 6.33 Å². The summed E-state index contributed by atoms with van der Waals surface area (Å²) >= 11 is 0. The zero-order valence-corrected chi connectivity index (χ0v) is 11.8. The fraction of sp³-hybridized carbons (Fsp3) is 0.214. The zero-order valence-electron chi connectivity index (χ0n) is 11.8. The molecule has 108 valence electrons. The molecule has 0 bridgehead atoms. The third kappa shape index (κ3) is 2.58. The Bertz CT molecular complexity index is 756. The van der Waals surface area contributed by atoms with Crippen LogP contribution in [0.2, 0.25) is 0 Å². The second-order valence-corrected chi connectivity index (χ2v) is 4.40. The molecule has 0 aliphatic rings. The summed E-state index contributed by atoms with van der Waals surface area (Å²) in [4.78, 5) is 8.33. The molecular weight excluding hydrogens is 270 g/mol. The van der Waals surface area contributed by atoms with Crippen molar-refractivity contribution in [3.63, 3.8) is 0 Å². The average Bonchev–Trinajstić information content (AvgIpc) is 3.01. The molecule has 0 saturated carbocycles. The van der Waals surface area contributed by atoms with Crippen LogP contribution in [0.15, 0.2) is 30.7 Å². The van der Waals surface area contributed by atoms with Crippen molar-refractivity contribution >= 4 is 16.9 Å². The Morgan fingerprint density at radius 3 is 2.81 bits per heavy atom. The lowest BCUT2D eigenvalue weighted by molar-refractivity contribution is 0.354. The van der Waals surface area contributed by atoms with Gasteiger partial charge >= 0.3 is 0 Å². The molecule has 0 amide bonds. The van der Waals surface area contributed by atoms with E-state index in [0.717, 1.165) is 16.8 Å². The zero-order chi connectivity index (χ0) is 14.7. The summed E-state index contributed by atoms with van der Waals surface area (Å²) in [6.07, 6.45) is 3.20. The Labute approximate surface area is 121 Å². The maximum Gasteiger partial charge on any atom is 0.161 e. The molecule has 0 unspecified atom stereocenters. The van der Waals surface area contributed by atoms with Gasteiger partial charge in [-0.15, -0.1) is 0 Å². The molecule has 3 rings (SSSR count). The number of H-pyrrole nitrogens is 1. The molecule has 7 heteroatoms. The third-order valence-corrected chi connectivity index (χ3v) is 3.16. The molecule has 0 aliphatic carbocycles. The Kier molecular flexibility index (Phi) is 3.55. The fourth-order valence-electron chi connectivity index (χ4n) is 2.08. The van der Waals surface area contributed by atoms with Crippen molar-refractivity contribution in [3.8, 4) is 11.5 Å². The van der Waals surface area contributed by atoms with Gasteiger partial charge < -0.3 is 14.8 Å². The smallest absolute Gasteiger partial charge is 0.161 e. The van der Waals surface area contributed by atoms with E-state index in [0.29, 0.717) is 23.7 Å². The highest BCUT2D eigenvalue weighted by atomic mass is 16.5. The molecule has 0 saturated heterocycles. The Morgan fingerprint density at radius 1 is 1.14 bits per heavy atom. The number of nitrogens with one attached hydrogen (secondary N) is 2. The summed E-state index contributed by atoms with van der Waals surface area (Å²) in [6, 6.07) is 5.78. The van der Waals surface area contributed by atoms with Gasteiger partial charge in [0, 0.05) is 6.54 Å². The molecule has 0 atom stereocenters. The number of hydrogen-bond donors (Lipinski definition) is 2. The topological polar surface area (TPSA) is 85.0 Å². The van der Waals surface area contributed by atoms with E-state index in [1.807, 2.05) is 18.2 Å². The minimum atomic E-state index is 0.609. The van der Waals surface area contributed by atoms with Gasteiger partial charge in [-0.25, -0.2) is 9.97 Å². The maximum atomic E-state index is 5.29. The van der Waals surface area contributed by atoms with Gasteiger partial charge in [-0.3, -0.25) is 5.10 Å². The van der Waals surface area contributed by atoms with Crippen molar-refractivity contribution in [3.05, 3.63) is 36.3 Å². The number of nitrogens with zero attached hydrogens (tertiary/aromatic N) is 3. The first-order valence-electron chi connectivity index (χ1n) is 6.40. The lowest BCUT2D eigenvalue weighted by Crippen LogP contribution is -2.02. The fourth-order valence-corrected chi connectivity index (χ4v) is 2.08. The van der Waals surface area contributed by atoms with Gasteiger partial charge in [-0.05, 0) is 17.7 Å². The highest BCUT2D eigenvalue weighted by molar-refractivity contribution is 5.85. The van der Waals surface area contributed by atoms with Crippen LogP contribution < -0.4 is 14.8 Å². The Hall–Kier alpha value is -2.83. The van der Waals surface area contributed by atoms with Crippen molar-refractivity contribution in [1.82, 2.24) is 20.2 Å². The molecule has 2 heterocycles. The first kappa shape index (κ1) is 13.2. The number of anilines is 1. The molecule has 0 aliphatic heterocycles. The predicted molar refractivity (Wildman–Crippen MR) is 78.6 cm³/mol. The Morgan fingerprint density at radius 2 is 2.00 bits per heavy atom. The van der Waals surface area contributed by atoms with Gasteiger partial charge in [0.15, 0.2) is 17.1 Å². The second kappa shape index (κ2) is 5.66. The molecule has 1 aromatic carbocycles. The van der Waals surface area contributed by atoms with Crippen LogP contribution in [0.3, 0.4) is 0 Å². The molecule has 0 fully saturated rings. The number of aromatic nitrogens is 4. The van der Waals surface area contributed by atoms with E-state index in [4.69, 9.17) is 9.47 Å². The summed E-state index contributed by atoms with van der Waals surface area (Å²) in [5.74, 6) is 2.15. The minimum Gasteiger partial charge on any atom is -0.493 e. The van der Waals surface area contributed by atoms with Gasteiger partial charge in [-0.1, -0.05) is 6.07 Å². The van der Waals surface area contributed by atoms with Gasteiger partial charge in [0.25, 0.3) is 0 Å². The molecule has 2 N–H and O–H groups in total. The summed E-state index contributed by atoms with van der Waals surface area (Å²) in [6.45, 7) is 0.609. The summed E-state index contributed by atoms with van der Waals surface area (Å²) in [5, 5.41) is 10.9. The second-order valence-electron chi connectivity index (χ2n) is 4.40. The van der Waals surface area contributed by atoms with Gasteiger partial charge in [-0.2, -0.15) is 5.10 Å². The van der Waals surface area contributed by atoms with Crippen LogP contribution in [-0.2, 0) is 6.54 Å². The monoisotopic (exact) mass is 285 g/mol. The highest BCUT2D eigenvalue weighted by Crippen LogP contribution is 2.28. The largest absolute Gasteiger partial charge is 0.493 e. The van der Waals surface area contributed by atoms with Crippen LogP contribution in [-0.4, -0.2) is 34.4 Å². The van der Waals surface area contributed by atoms with Crippen LogP contribution >= 0.6 is 0 Å². The summed E-state index contributed by atoms with van der Waals surface area (Å²) < 4.78 is 10.5. The van der Waals surface area contributed by atoms with E-state index in [-0.39, 0.29) is 0 Å². The SMILES string of the molecule is COc1ccc(CNc2ncnc3[nH]ncc23)cc1OC. The molecule has 7 nitrogen and oxygen atoms in total.